The fourth-order valence-electron chi connectivity index (χ4n) is 5.01. The fourth-order valence-corrected chi connectivity index (χ4v) is 5.01. The van der Waals surface area contributed by atoms with Crippen LogP contribution in [0.4, 0.5) is 0 Å². The summed E-state index contributed by atoms with van der Waals surface area (Å²) in [6.45, 7) is 6.90. The number of nitrogens with zero attached hydrogens (tertiary/aromatic N) is 1. The zero-order chi connectivity index (χ0) is 16.6. The highest BCUT2D eigenvalue weighted by atomic mass is 14.9. The lowest BCUT2D eigenvalue weighted by atomic mass is 9.68. The number of fused-ring (bicyclic) bond motifs is 5. The largest absolute Gasteiger partial charge is 0.216 e. The average molecular weight is 312 g/mol. The summed E-state index contributed by atoms with van der Waals surface area (Å²) >= 11 is 0. The summed E-state index contributed by atoms with van der Waals surface area (Å²) in [5.41, 5.74) is 13.0. The molecule has 1 heteroatoms. The van der Waals surface area contributed by atoms with E-state index in [2.05, 4.69) is 81.0 Å². The summed E-state index contributed by atoms with van der Waals surface area (Å²) in [6.07, 6.45) is 3.25. The Labute approximate surface area is 143 Å². The molecule has 0 fully saturated rings. The second-order valence-electron chi connectivity index (χ2n) is 7.73. The van der Waals surface area contributed by atoms with Crippen molar-refractivity contribution in [1.29, 1.82) is 0 Å². The number of aromatic nitrogens is 1. The Balaban J connectivity index is 1.97. The van der Waals surface area contributed by atoms with Crippen LogP contribution in [0.3, 0.4) is 0 Å². The quantitative estimate of drug-likeness (QED) is 0.533. The van der Waals surface area contributed by atoms with Crippen LogP contribution >= 0.6 is 0 Å². The van der Waals surface area contributed by atoms with Gasteiger partial charge >= 0.3 is 0 Å². The van der Waals surface area contributed by atoms with Gasteiger partial charge in [-0.05, 0) is 54.2 Å². The molecular weight excluding hydrogens is 290 g/mol. The minimum absolute atomic E-state index is 0.0827. The van der Waals surface area contributed by atoms with Crippen molar-refractivity contribution in [3.8, 4) is 22.4 Å². The number of benzene rings is 2. The Hall–Kier alpha value is -2.41. The lowest BCUT2D eigenvalue weighted by molar-refractivity contribution is -0.660. The molecule has 1 unspecified atom stereocenters. The van der Waals surface area contributed by atoms with Crippen molar-refractivity contribution in [2.75, 3.05) is 0 Å². The lowest BCUT2D eigenvalue weighted by Gasteiger charge is -2.34. The number of hydrogen-bond donors (Lipinski definition) is 0. The minimum Gasteiger partial charge on any atom is -0.201 e. The van der Waals surface area contributed by atoms with Crippen LogP contribution in [0, 0.1) is 13.8 Å². The number of aryl methyl sites for hydroxylation is 3. The Kier molecular flexibility index (Phi) is 2.54. The molecule has 5 rings (SSSR count). The minimum atomic E-state index is 0.0827. The molecule has 1 atom stereocenters. The smallest absolute Gasteiger partial charge is 0.201 e. The van der Waals surface area contributed by atoms with Gasteiger partial charge in [-0.25, -0.2) is 4.57 Å². The average Bonchev–Trinajstić information content (AvgIpc) is 2.79. The molecule has 118 valence electrons. The maximum Gasteiger partial charge on any atom is 0.216 e. The molecular formula is C23H22N+. The van der Waals surface area contributed by atoms with Gasteiger partial charge in [0.15, 0.2) is 6.20 Å². The van der Waals surface area contributed by atoms with Gasteiger partial charge in [-0.3, -0.25) is 0 Å². The monoisotopic (exact) mass is 312 g/mol. The van der Waals surface area contributed by atoms with Crippen molar-refractivity contribution >= 4 is 0 Å². The highest BCUT2D eigenvalue weighted by Gasteiger charge is 2.47. The zero-order valence-electron chi connectivity index (χ0n) is 14.8. The third-order valence-corrected chi connectivity index (χ3v) is 6.07. The first kappa shape index (κ1) is 14.0. The summed E-state index contributed by atoms with van der Waals surface area (Å²) < 4.78 is 2.30. The van der Waals surface area contributed by atoms with Crippen molar-refractivity contribution in [3.63, 3.8) is 0 Å². The molecule has 0 aliphatic heterocycles. The molecule has 0 amide bonds. The van der Waals surface area contributed by atoms with Crippen molar-refractivity contribution < 1.29 is 4.57 Å². The van der Waals surface area contributed by atoms with Crippen LogP contribution in [0.25, 0.3) is 22.4 Å². The van der Waals surface area contributed by atoms with E-state index in [4.69, 9.17) is 0 Å². The van der Waals surface area contributed by atoms with Crippen molar-refractivity contribution in [1.82, 2.24) is 0 Å². The molecule has 3 aromatic rings. The maximum atomic E-state index is 2.44. The summed E-state index contributed by atoms with van der Waals surface area (Å²) in [4.78, 5) is 0. The molecule has 2 aliphatic carbocycles. The molecule has 2 aromatic carbocycles. The summed E-state index contributed by atoms with van der Waals surface area (Å²) in [7, 11) is 2.17. The van der Waals surface area contributed by atoms with Crippen LogP contribution in [0.15, 0.2) is 48.7 Å². The second-order valence-corrected chi connectivity index (χ2v) is 7.73. The molecule has 1 heterocycles. The maximum absolute atomic E-state index is 2.44. The van der Waals surface area contributed by atoms with Crippen LogP contribution in [-0.4, -0.2) is 0 Å². The van der Waals surface area contributed by atoms with Crippen molar-refractivity contribution in [2.45, 2.75) is 32.6 Å². The van der Waals surface area contributed by atoms with Gasteiger partial charge in [-0.1, -0.05) is 42.8 Å². The second kappa shape index (κ2) is 4.36. The van der Waals surface area contributed by atoms with Gasteiger partial charge in [-0.15, -0.1) is 0 Å². The standard InChI is InChI=1S/C23H22N/c1-14-7-9-17-18-10-8-15(2)20-21(18)23(3,19(17)12-14)13-16-6-5-11-24(4)22(16)20/h5-12H,13H2,1-4H3/q+1. The number of rotatable bonds is 0. The van der Waals surface area contributed by atoms with Crippen LogP contribution in [-0.2, 0) is 18.9 Å². The van der Waals surface area contributed by atoms with E-state index in [0.717, 1.165) is 6.42 Å². The zero-order valence-corrected chi connectivity index (χ0v) is 14.8. The van der Waals surface area contributed by atoms with E-state index in [0.29, 0.717) is 0 Å². The van der Waals surface area contributed by atoms with E-state index < -0.39 is 0 Å². The van der Waals surface area contributed by atoms with E-state index in [-0.39, 0.29) is 5.41 Å². The highest BCUT2D eigenvalue weighted by molar-refractivity contribution is 5.91. The van der Waals surface area contributed by atoms with Crippen molar-refractivity contribution in [2.24, 2.45) is 7.05 Å². The SMILES string of the molecule is Cc1ccc2c(c1)C1(C)Cc3ccc[n+](C)c3-c3c(C)ccc-2c31. The molecule has 0 saturated heterocycles. The van der Waals surface area contributed by atoms with Gasteiger partial charge < -0.3 is 0 Å². The van der Waals surface area contributed by atoms with E-state index in [9.17, 15) is 0 Å². The third kappa shape index (κ3) is 1.53. The fraction of sp³-hybridized carbons (Fsp3) is 0.261. The van der Waals surface area contributed by atoms with E-state index in [1.54, 1.807) is 0 Å². The van der Waals surface area contributed by atoms with Crippen LogP contribution in [0.1, 0.15) is 34.7 Å². The Bertz CT molecular complexity index is 1030. The highest BCUT2D eigenvalue weighted by Crippen LogP contribution is 2.57. The first-order chi connectivity index (χ1) is 11.5. The normalized spacial score (nSPS) is 19.7. The first-order valence-electron chi connectivity index (χ1n) is 8.74. The van der Waals surface area contributed by atoms with E-state index in [1.807, 2.05) is 0 Å². The molecule has 2 aliphatic rings. The van der Waals surface area contributed by atoms with Gasteiger partial charge in [0.25, 0.3) is 0 Å². The van der Waals surface area contributed by atoms with Gasteiger partial charge in [0.1, 0.15) is 7.05 Å². The van der Waals surface area contributed by atoms with Crippen LogP contribution in [0.2, 0.25) is 0 Å². The topological polar surface area (TPSA) is 3.88 Å². The van der Waals surface area contributed by atoms with Crippen molar-refractivity contribution in [3.05, 3.63) is 76.5 Å². The molecule has 0 bridgehead atoms. The molecule has 0 spiro atoms. The predicted octanol–water partition coefficient (Wildman–Crippen LogP) is 4.64. The first-order valence-corrected chi connectivity index (χ1v) is 8.74. The summed E-state index contributed by atoms with van der Waals surface area (Å²) in [5.74, 6) is 0. The summed E-state index contributed by atoms with van der Waals surface area (Å²) in [6, 6.07) is 16.1. The van der Waals surface area contributed by atoms with E-state index in [1.165, 1.54) is 50.2 Å². The molecule has 0 N–H and O–H groups in total. The van der Waals surface area contributed by atoms with Gasteiger partial charge in [-0.2, -0.15) is 0 Å². The van der Waals surface area contributed by atoms with Gasteiger partial charge in [0.05, 0.1) is 5.56 Å². The Morgan fingerprint density at radius 1 is 1.00 bits per heavy atom. The Morgan fingerprint density at radius 3 is 2.62 bits per heavy atom. The van der Waals surface area contributed by atoms with Crippen LogP contribution < -0.4 is 4.57 Å². The lowest BCUT2D eigenvalue weighted by Crippen LogP contribution is -2.38. The number of pyridine rings is 1. The molecule has 1 nitrogen and oxygen atoms in total. The van der Waals surface area contributed by atoms with E-state index >= 15 is 0 Å². The van der Waals surface area contributed by atoms with Crippen LogP contribution in [0.5, 0.6) is 0 Å². The van der Waals surface area contributed by atoms with Gasteiger partial charge in [0, 0.05) is 17.0 Å². The third-order valence-electron chi connectivity index (χ3n) is 6.07. The summed E-state index contributed by atoms with van der Waals surface area (Å²) in [5, 5.41) is 0. The molecule has 0 radical (unpaired) electrons. The number of hydrogen-bond acceptors (Lipinski definition) is 0. The molecule has 24 heavy (non-hydrogen) atoms. The van der Waals surface area contributed by atoms with Gasteiger partial charge in [0.2, 0.25) is 5.69 Å². The predicted molar refractivity (Wildman–Crippen MR) is 98.1 cm³/mol. The molecule has 0 saturated carbocycles. The molecule has 1 aromatic heterocycles. The Morgan fingerprint density at radius 2 is 1.79 bits per heavy atom.